The molecule has 2 atom stereocenters. The van der Waals surface area contributed by atoms with Crippen molar-refractivity contribution in [1.29, 1.82) is 0 Å². The molecule has 0 bridgehead atoms. The van der Waals surface area contributed by atoms with Gasteiger partial charge in [0.2, 0.25) is 0 Å². The highest BCUT2D eigenvalue weighted by Crippen LogP contribution is 2.45. The molecule has 1 aliphatic heterocycles. The molecular weight excluding hydrogens is 447 g/mol. The molecule has 5 rings (SSSR count). The summed E-state index contributed by atoms with van der Waals surface area (Å²) < 4.78 is 51.5. The van der Waals surface area contributed by atoms with Crippen LogP contribution in [0.5, 0.6) is 0 Å². The van der Waals surface area contributed by atoms with Crippen molar-refractivity contribution < 1.29 is 27.8 Å². The number of carboxylic acids is 1. The fraction of sp³-hybridized carbons (Fsp3) is 0.360. The minimum Gasteiger partial charge on any atom is -0.479 e. The third-order valence-corrected chi connectivity index (χ3v) is 6.82. The van der Waals surface area contributed by atoms with Crippen LogP contribution in [-0.2, 0) is 9.53 Å². The number of halogens is 3. The molecule has 0 unspecified atom stereocenters. The van der Waals surface area contributed by atoms with E-state index in [1.165, 1.54) is 19.2 Å². The van der Waals surface area contributed by atoms with Gasteiger partial charge in [-0.3, -0.25) is 5.10 Å². The second-order valence-corrected chi connectivity index (χ2v) is 9.39. The van der Waals surface area contributed by atoms with Gasteiger partial charge in [0.05, 0.1) is 18.3 Å². The SMILES string of the molecule is CC(C)c1c([C@@H]2CC[C@@](C)(C(=O)O)OC2)c2c(F)c3[nH]ncc3cc2n1-c1ccc(F)c(F)c1. The predicted molar refractivity (Wildman–Crippen MR) is 121 cm³/mol. The van der Waals surface area contributed by atoms with Crippen LogP contribution in [0.3, 0.4) is 0 Å². The third kappa shape index (κ3) is 3.29. The molecule has 0 radical (unpaired) electrons. The van der Waals surface area contributed by atoms with Crippen molar-refractivity contribution in [2.45, 2.75) is 51.0 Å². The molecule has 4 aromatic rings. The average molecular weight is 471 g/mol. The summed E-state index contributed by atoms with van der Waals surface area (Å²) >= 11 is 0. The van der Waals surface area contributed by atoms with E-state index in [0.29, 0.717) is 34.0 Å². The highest BCUT2D eigenvalue weighted by Gasteiger charge is 2.41. The summed E-state index contributed by atoms with van der Waals surface area (Å²) in [6.07, 6.45) is 2.24. The molecule has 2 N–H and O–H groups in total. The van der Waals surface area contributed by atoms with Gasteiger partial charge in [0.25, 0.3) is 0 Å². The van der Waals surface area contributed by atoms with E-state index < -0.39 is 29.0 Å². The van der Waals surface area contributed by atoms with Crippen LogP contribution < -0.4 is 0 Å². The number of aromatic nitrogens is 3. The Balaban J connectivity index is 1.82. The maximum atomic E-state index is 16.0. The van der Waals surface area contributed by atoms with Crippen molar-refractivity contribution in [2.24, 2.45) is 0 Å². The zero-order valence-corrected chi connectivity index (χ0v) is 19.0. The number of nitrogens with zero attached hydrogens (tertiary/aromatic N) is 2. The van der Waals surface area contributed by atoms with Crippen molar-refractivity contribution >= 4 is 27.8 Å². The number of carboxylic acid groups (broad SMARTS) is 1. The highest BCUT2D eigenvalue weighted by atomic mass is 19.2. The summed E-state index contributed by atoms with van der Waals surface area (Å²) in [4.78, 5) is 11.7. The maximum Gasteiger partial charge on any atom is 0.335 e. The Labute approximate surface area is 193 Å². The Morgan fingerprint density at radius 2 is 2.03 bits per heavy atom. The first-order valence-electron chi connectivity index (χ1n) is 11.1. The largest absolute Gasteiger partial charge is 0.479 e. The Morgan fingerprint density at radius 1 is 1.26 bits per heavy atom. The molecule has 2 aromatic carbocycles. The minimum atomic E-state index is -1.30. The van der Waals surface area contributed by atoms with Crippen molar-refractivity contribution in [3.05, 3.63) is 59.2 Å². The van der Waals surface area contributed by atoms with E-state index >= 15 is 4.39 Å². The van der Waals surface area contributed by atoms with Gasteiger partial charge >= 0.3 is 5.97 Å². The van der Waals surface area contributed by atoms with Gasteiger partial charge in [0.1, 0.15) is 5.52 Å². The number of rotatable bonds is 4. The van der Waals surface area contributed by atoms with Crippen molar-refractivity contribution in [2.75, 3.05) is 6.61 Å². The standard InChI is InChI=1S/C25H24F3N3O3/c1-12(2)23-19(13-6-7-25(3,24(32)33)34-11-13)20-18(8-14-10-29-30-22(14)21(20)28)31(23)15-4-5-16(26)17(27)9-15/h4-5,8-10,12-13H,6-7,11H2,1-3H3,(H,29,30)(H,32,33)/t13-,25+/m1/s1. The first-order chi connectivity index (χ1) is 16.1. The van der Waals surface area contributed by atoms with Crippen LogP contribution in [-0.4, -0.2) is 38.0 Å². The van der Waals surface area contributed by atoms with Crippen molar-refractivity contribution in [3.8, 4) is 5.69 Å². The van der Waals surface area contributed by atoms with Gasteiger partial charge in [-0.25, -0.2) is 18.0 Å². The molecule has 34 heavy (non-hydrogen) atoms. The number of H-pyrrole nitrogens is 1. The first-order valence-corrected chi connectivity index (χ1v) is 11.1. The number of benzene rings is 2. The molecular formula is C25H24F3N3O3. The van der Waals surface area contributed by atoms with Gasteiger partial charge in [0, 0.05) is 34.1 Å². The molecule has 1 fully saturated rings. The highest BCUT2D eigenvalue weighted by molar-refractivity contribution is 5.99. The molecule has 1 aliphatic rings. The number of ether oxygens (including phenoxy) is 1. The van der Waals surface area contributed by atoms with Gasteiger partial charge in [-0.2, -0.15) is 5.10 Å². The Morgan fingerprint density at radius 3 is 2.65 bits per heavy atom. The Kier molecular flexibility index (Phi) is 5.20. The lowest BCUT2D eigenvalue weighted by molar-refractivity contribution is -0.170. The number of hydrogen-bond donors (Lipinski definition) is 2. The first kappa shape index (κ1) is 22.5. The topological polar surface area (TPSA) is 80.1 Å². The van der Waals surface area contributed by atoms with E-state index in [1.807, 2.05) is 13.8 Å². The average Bonchev–Trinajstić information content (AvgIpc) is 3.39. The smallest absolute Gasteiger partial charge is 0.335 e. The molecule has 0 spiro atoms. The third-order valence-electron chi connectivity index (χ3n) is 6.82. The van der Waals surface area contributed by atoms with Gasteiger partial charge in [-0.05, 0) is 49.4 Å². The van der Waals surface area contributed by atoms with Crippen LogP contribution in [0.25, 0.3) is 27.5 Å². The predicted octanol–water partition coefficient (Wildman–Crippen LogP) is 5.78. The van der Waals surface area contributed by atoms with Gasteiger partial charge in [-0.1, -0.05) is 13.8 Å². The number of nitrogens with one attached hydrogen (secondary N) is 1. The van der Waals surface area contributed by atoms with E-state index in [4.69, 9.17) is 4.74 Å². The van der Waals surface area contributed by atoms with E-state index in [-0.39, 0.29) is 30.4 Å². The van der Waals surface area contributed by atoms with Gasteiger partial charge in [-0.15, -0.1) is 0 Å². The lowest BCUT2D eigenvalue weighted by atomic mass is 9.83. The summed E-state index contributed by atoms with van der Waals surface area (Å²) in [5.41, 5.74) is 1.25. The van der Waals surface area contributed by atoms with E-state index in [2.05, 4.69) is 10.2 Å². The van der Waals surface area contributed by atoms with E-state index in [9.17, 15) is 18.7 Å². The number of fused-ring (bicyclic) bond motifs is 2. The second kappa shape index (κ2) is 7.87. The van der Waals surface area contributed by atoms with Gasteiger partial charge in [0.15, 0.2) is 23.1 Å². The van der Waals surface area contributed by atoms with E-state index in [0.717, 1.165) is 17.8 Å². The zero-order valence-electron chi connectivity index (χ0n) is 19.0. The molecule has 0 aliphatic carbocycles. The molecule has 0 saturated carbocycles. The molecule has 1 saturated heterocycles. The monoisotopic (exact) mass is 471 g/mol. The minimum absolute atomic E-state index is 0.0971. The summed E-state index contributed by atoms with van der Waals surface area (Å²) in [7, 11) is 0. The van der Waals surface area contributed by atoms with E-state index in [1.54, 1.807) is 10.6 Å². The number of aromatic amines is 1. The lowest BCUT2D eigenvalue weighted by Crippen LogP contribution is -2.43. The van der Waals surface area contributed by atoms with Crippen LogP contribution in [0.15, 0.2) is 30.5 Å². The summed E-state index contributed by atoms with van der Waals surface area (Å²) in [5.74, 6) is -3.89. The molecule has 3 heterocycles. The summed E-state index contributed by atoms with van der Waals surface area (Å²) in [6.45, 7) is 5.53. The quantitative estimate of drug-likeness (QED) is 0.395. The maximum absolute atomic E-state index is 16.0. The number of carbonyl (C=O) groups is 1. The van der Waals surface area contributed by atoms with Crippen LogP contribution in [0.4, 0.5) is 13.2 Å². The number of aliphatic carboxylic acids is 1. The fourth-order valence-corrected chi connectivity index (χ4v) is 5.02. The normalized spacial score (nSPS) is 21.1. The van der Waals surface area contributed by atoms with Crippen molar-refractivity contribution in [1.82, 2.24) is 14.8 Å². The zero-order chi connectivity index (χ0) is 24.4. The van der Waals surface area contributed by atoms with Crippen LogP contribution in [0.1, 0.15) is 56.7 Å². The number of hydrogen-bond acceptors (Lipinski definition) is 3. The Bertz CT molecular complexity index is 1430. The van der Waals surface area contributed by atoms with Gasteiger partial charge < -0.3 is 14.4 Å². The summed E-state index contributed by atoms with van der Waals surface area (Å²) in [6, 6.07) is 5.39. The van der Waals surface area contributed by atoms with Crippen molar-refractivity contribution in [3.63, 3.8) is 0 Å². The lowest BCUT2D eigenvalue weighted by Gasteiger charge is -2.35. The van der Waals surface area contributed by atoms with Crippen LogP contribution >= 0.6 is 0 Å². The fourth-order valence-electron chi connectivity index (χ4n) is 5.02. The van der Waals surface area contributed by atoms with Crippen LogP contribution in [0.2, 0.25) is 0 Å². The molecule has 2 aromatic heterocycles. The second-order valence-electron chi connectivity index (χ2n) is 9.39. The molecule has 9 heteroatoms. The molecule has 0 amide bonds. The van der Waals surface area contributed by atoms with Crippen LogP contribution in [0, 0.1) is 17.5 Å². The molecule has 6 nitrogen and oxygen atoms in total. The molecule has 178 valence electrons. The summed E-state index contributed by atoms with van der Waals surface area (Å²) in [5, 5.41) is 17.1. The Hall–Kier alpha value is -3.33.